The van der Waals surface area contributed by atoms with Crippen molar-refractivity contribution in [1.82, 2.24) is 0 Å². The van der Waals surface area contributed by atoms with E-state index in [0.717, 1.165) is 5.69 Å². The van der Waals surface area contributed by atoms with Crippen molar-refractivity contribution in [2.45, 2.75) is 18.6 Å². The molecule has 0 bridgehead atoms. The summed E-state index contributed by atoms with van der Waals surface area (Å²) in [6, 6.07) is 7.16. The molecule has 108 valence electrons. The fourth-order valence-electron chi connectivity index (χ4n) is 2.12. The molecule has 1 N–H and O–H groups in total. The topological polar surface area (TPSA) is 66.8 Å². The van der Waals surface area contributed by atoms with Crippen molar-refractivity contribution < 1.29 is 19.4 Å². The lowest BCUT2D eigenvalue weighted by Crippen LogP contribution is -2.24. The van der Waals surface area contributed by atoms with Crippen molar-refractivity contribution in [1.29, 1.82) is 0 Å². The molecule has 1 aliphatic rings. The van der Waals surface area contributed by atoms with Crippen LogP contribution in [0.4, 0.5) is 5.69 Å². The molecule has 2 rings (SSSR count). The van der Waals surface area contributed by atoms with E-state index in [1.165, 1.54) is 18.7 Å². The summed E-state index contributed by atoms with van der Waals surface area (Å²) in [6.45, 7) is 2.29. The zero-order valence-electron chi connectivity index (χ0n) is 11.2. The number of anilines is 1. The highest BCUT2D eigenvalue weighted by atomic mass is 32.2. The number of amides is 1. The van der Waals surface area contributed by atoms with Gasteiger partial charge in [0.1, 0.15) is 12.4 Å². The highest BCUT2D eigenvalue weighted by Crippen LogP contribution is 2.29. The first-order chi connectivity index (χ1) is 9.60. The Morgan fingerprint density at radius 1 is 1.45 bits per heavy atom. The van der Waals surface area contributed by atoms with Crippen molar-refractivity contribution >= 4 is 28.5 Å². The van der Waals surface area contributed by atoms with E-state index < -0.39 is 0 Å². The molecule has 1 unspecified atom stereocenters. The minimum Gasteiger partial charge on any atom is -0.491 e. The van der Waals surface area contributed by atoms with Gasteiger partial charge in [-0.25, -0.2) is 0 Å². The normalized spacial score (nSPS) is 18.4. The second-order valence-electron chi connectivity index (χ2n) is 4.51. The number of benzene rings is 1. The predicted octanol–water partition coefficient (Wildman–Crippen LogP) is 1.44. The first kappa shape index (κ1) is 14.9. The van der Waals surface area contributed by atoms with Gasteiger partial charge in [0.15, 0.2) is 5.12 Å². The Bertz CT molecular complexity index is 488. The fraction of sp³-hybridized carbons (Fsp3) is 0.429. The average Bonchev–Trinajstić information content (AvgIpc) is 2.77. The molecule has 0 aromatic heterocycles. The van der Waals surface area contributed by atoms with Gasteiger partial charge in [-0.3, -0.25) is 9.59 Å². The quantitative estimate of drug-likeness (QED) is 0.890. The van der Waals surface area contributed by atoms with Gasteiger partial charge in [-0.1, -0.05) is 11.8 Å². The van der Waals surface area contributed by atoms with Crippen molar-refractivity contribution in [2.75, 3.05) is 24.7 Å². The molecule has 1 amide bonds. The number of aliphatic hydroxyl groups excluding tert-OH is 1. The number of hydrogen-bond donors (Lipinski definition) is 1. The van der Waals surface area contributed by atoms with E-state index in [0.29, 0.717) is 18.7 Å². The molecule has 20 heavy (non-hydrogen) atoms. The van der Waals surface area contributed by atoms with Crippen molar-refractivity contribution in [3.63, 3.8) is 0 Å². The molecule has 1 fully saturated rings. The minimum absolute atomic E-state index is 0.0314. The van der Waals surface area contributed by atoms with Gasteiger partial charge in [-0.2, -0.15) is 0 Å². The van der Waals surface area contributed by atoms with Crippen LogP contribution in [0.5, 0.6) is 5.75 Å². The third-order valence-electron chi connectivity index (χ3n) is 2.93. The summed E-state index contributed by atoms with van der Waals surface area (Å²) in [6.07, 6.45) is 0.396. The molecule has 0 spiro atoms. The maximum absolute atomic E-state index is 12.0. The van der Waals surface area contributed by atoms with Gasteiger partial charge in [0.05, 0.1) is 6.61 Å². The largest absolute Gasteiger partial charge is 0.491 e. The molecule has 0 aliphatic carbocycles. The molecule has 1 atom stereocenters. The summed E-state index contributed by atoms with van der Waals surface area (Å²) < 4.78 is 5.27. The molecule has 0 radical (unpaired) electrons. The van der Waals surface area contributed by atoms with E-state index in [1.807, 2.05) is 12.1 Å². The zero-order chi connectivity index (χ0) is 14.5. The number of thioether (sulfide) groups is 1. The van der Waals surface area contributed by atoms with Gasteiger partial charge >= 0.3 is 0 Å². The molecule has 1 saturated heterocycles. The summed E-state index contributed by atoms with van der Waals surface area (Å²) in [4.78, 5) is 24.7. The predicted molar refractivity (Wildman–Crippen MR) is 78.1 cm³/mol. The van der Waals surface area contributed by atoms with Crippen LogP contribution in [0.3, 0.4) is 0 Å². The molecule has 1 aromatic rings. The first-order valence-corrected chi connectivity index (χ1v) is 7.29. The van der Waals surface area contributed by atoms with Gasteiger partial charge in [0.2, 0.25) is 5.91 Å². The fourth-order valence-corrected chi connectivity index (χ4v) is 3.04. The van der Waals surface area contributed by atoms with E-state index in [1.54, 1.807) is 17.0 Å². The lowest BCUT2D eigenvalue weighted by Gasteiger charge is -2.17. The summed E-state index contributed by atoms with van der Waals surface area (Å²) >= 11 is 1.22. The second kappa shape index (κ2) is 6.76. The monoisotopic (exact) mass is 295 g/mol. The zero-order valence-corrected chi connectivity index (χ0v) is 12.1. The van der Waals surface area contributed by atoms with Crippen LogP contribution in [-0.4, -0.2) is 41.1 Å². The number of carbonyl (C=O) groups is 2. The van der Waals surface area contributed by atoms with E-state index in [9.17, 15) is 9.59 Å². The molecule has 5 nitrogen and oxygen atoms in total. The van der Waals surface area contributed by atoms with Crippen LogP contribution in [0.2, 0.25) is 0 Å². The van der Waals surface area contributed by atoms with Gasteiger partial charge < -0.3 is 14.7 Å². The Hall–Kier alpha value is -1.53. The number of carbonyl (C=O) groups excluding carboxylic acids is 2. The van der Waals surface area contributed by atoms with Gasteiger partial charge in [-0.05, 0) is 24.3 Å². The lowest BCUT2D eigenvalue weighted by molar-refractivity contribution is -0.117. The van der Waals surface area contributed by atoms with Crippen LogP contribution in [0, 0.1) is 0 Å². The molecular weight excluding hydrogens is 278 g/mol. The maximum Gasteiger partial charge on any atom is 0.228 e. The molecular formula is C14H17NO4S. The second-order valence-corrected chi connectivity index (χ2v) is 5.98. The van der Waals surface area contributed by atoms with Gasteiger partial charge in [-0.15, -0.1) is 0 Å². The van der Waals surface area contributed by atoms with Crippen LogP contribution in [0.1, 0.15) is 13.3 Å². The van der Waals surface area contributed by atoms with Crippen LogP contribution < -0.4 is 9.64 Å². The van der Waals surface area contributed by atoms with Gasteiger partial charge in [0.25, 0.3) is 0 Å². The van der Waals surface area contributed by atoms with Crippen LogP contribution in [0.15, 0.2) is 24.3 Å². The van der Waals surface area contributed by atoms with E-state index >= 15 is 0 Å². The highest BCUT2D eigenvalue weighted by molar-refractivity contribution is 8.14. The molecule has 1 aliphatic heterocycles. The SMILES string of the molecule is CC(=O)SC1CC(=O)N(c2ccc(OCCO)cc2)C1. The third-order valence-corrected chi connectivity index (χ3v) is 3.91. The summed E-state index contributed by atoms with van der Waals surface area (Å²) in [5.74, 6) is 0.692. The lowest BCUT2D eigenvalue weighted by atomic mass is 10.3. The number of hydrogen-bond acceptors (Lipinski definition) is 5. The van der Waals surface area contributed by atoms with Crippen LogP contribution in [0.25, 0.3) is 0 Å². The van der Waals surface area contributed by atoms with E-state index in [4.69, 9.17) is 9.84 Å². The molecule has 0 saturated carbocycles. The summed E-state index contributed by atoms with van der Waals surface area (Å²) in [5, 5.41) is 8.75. The molecule has 1 heterocycles. The van der Waals surface area contributed by atoms with Crippen molar-refractivity contribution in [3.8, 4) is 5.75 Å². The summed E-state index contributed by atoms with van der Waals surface area (Å²) in [7, 11) is 0. The average molecular weight is 295 g/mol. The third kappa shape index (κ3) is 3.74. The van der Waals surface area contributed by atoms with Crippen molar-refractivity contribution in [3.05, 3.63) is 24.3 Å². The summed E-state index contributed by atoms with van der Waals surface area (Å²) in [5.41, 5.74) is 0.804. The first-order valence-electron chi connectivity index (χ1n) is 6.41. The van der Waals surface area contributed by atoms with E-state index in [2.05, 4.69) is 0 Å². The molecule has 6 heteroatoms. The van der Waals surface area contributed by atoms with E-state index in [-0.39, 0.29) is 29.5 Å². The number of ether oxygens (including phenoxy) is 1. The van der Waals surface area contributed by atoms with Crippen LogP contribution in [-0.2, 0) is 9.59 Å². The molecule has 1 aromatic carbocycles. The Morgan fingerprint density at radius 2 is 2.15 bits per heavy atom. The standard InChI is InChI=1S/C14H17NO4S/c1-10(17)20-13-8-14(18)15(9-13)11-2-4-12(5-3-11)19-7-6-16/h2-5,13,16H,6-9H2,1H3. The Kier molecular flexibility index (Phi) is 5.03. The van der Waals surface area contributed by atoms with Crippen molar-refractivity contribution in [2.24, 2.45) is 0 Å². The minimum atomic E-state index is -0.0314. The Labute approximate surface area is 121 Å². The van der Waals surface area contributed by atoms with Crippen LogP contribution >= 0.6 is 11.8 Å². The number of rotatable bonds is 5. The smallest absolute Gasteiger partial charge is 0.228 e. The number of aliphatic hydroxyl groups is 1. The number of nitrogens with zero attached hydrogens (tertiary/aromatic N) is 1. The highest BCUT2D eigenvalue weighted by Gasteiger charge is 2.31. The Balaban J connectivity index is 2.00. The van der Waals surface area contributed by atoms with Gasteiger partial charge in [0, 0.05) is 30.8 Å². The maximum atomic E-state index is 12.0. The Morgan fingerprint density at radius 3 is 2.75 bits per heavy atom.